The highest BCUT2D eigenvalue weighted by Gasteiger charge is 2.11. The Balaban J connectivity index is 1.97. The Morgan fingerprint density at radius 3 is 2.95 bits per heavy atom. The SMILES string of the molecule is CCNc1cc(C)ncc1C(=O)NCCc1nccs1. The number of nitrogens with zero attached hydrogens (tertiary/aromatic N) is 2. The number of amides is 1. The van der Waals surface area contributed by atoms with Crippen LogP contribution in [0.4, 0.5) is 5.69 Å². The average Bonchev–Trinajstić information content (AvgIpc) is 2.92. The van der Waals surface area contributed by atoms with Gasteiger partial charge in [-0.1, -0.05) is 0 Å². The lowest BCUT2D eigenvalue weighted by Gasteiger charge is -2.11. The molecule has 0 fully saturated rings. The molecule has 0 aliphatic rings. The number of nitrogens with one attached hydrogen (secondary N) is 2. The Morgan fingerprint density at radius 1 is 1.40 bits per heavy atom. The monoisotopic (exact) mass is 290 g/mol. The third-order valence-electron chi connectivity index (χ3n) is 2.76. The number of pyridine rings is 1. The highest BCUT2D eigenvalue weighted by atomic mass is 32.1. The van der Waals surface area contributed by atoms with Crippen LogP contribution in [0.25, 0.3) is 0 Å². The Labute approximate surface area is 122 Å². The largest absolute Gasteiger partial charge is 0.385 e. The number of rotatable bonds is 6. The summed E-state index contributed by atoms with van der Waals surface area (Å²) in [5, 5.41) is 9.06. The summed E-state index contributed by atoms with van der Waals surface area (Å²) in [5.41, 5.74) is 2.30. The number of carbonyl (C=O) groups excluding carboxylic acids is 1. The van der Waals surface area contributed by atoms with E-state index < -0.39 is 0 Å². The van der Waals surface area contributed by atoms with Gasteiger partial charge in [-0.3, -0.25) is 9.78 Å². The summed E-state index contributed by atoms with van der Waals surface area (Å²) < 4.78 is 0. The zero-order chi connectivity index (χ0) is 14.4. The van der Waals surface area contributed by atoms with Gasteiger partial charge in [-0.2, -0.15) is 0 Å². The zero-order valence-corrected chi connectivity index (χ0v) is 12.5. The maximum absolute atomic E-state index is 12.2. The molecule has 0 radical (unpaired) electrons. The minimum absolute atomic E-state index is 0.106. The molecular formula is C14H18N4OS. The number of aromatic nitrogens is 2. The van der Waals surface area contributed by atoms with E-state index in [-0.39, 0.29) is 5.91 Å². The zero-order valence-electron chi connectivity index (χ0n) is 11.6. The molecule has 0 aliphatic heterocycles. The molecule has 106 valence electrons. The van der Waals surface area contributed by atoms with Crippen LogP contribution in [0.2, 0.25) is 0 Å². The summed E-state index contributed by atoms with van der Waals surface area (Å²) in [7, 11) is 0. The molecule has 0 saturated carbocycles. The second-order valence-corrected chi connectivity index (χ2v) is 5.31. The smallest absolute Gasteiger partial charge is 0.254 e. The molecular weight excluding hydrogens is 272 g/mol. The third-order valence-corrected chi connectivity index (χ3v) is 3.60. The number of carbonyl (C=O) groups is 1. The van der Waals surface area contributed by atoms with Gasteiger partial charge in [0.2, 0.25) is 0 Å². The predicted molar refractivity (Wildman–Crippen MR) is 81.3 cm³/mol. The minimum Gasteiger partial charge on any atom is -0.385 e. The average molecular weight is 290 g/mol. The standard InChI is InChI=1S/C14H18N4OS/c1-3-15-12-8-10(2)18-9-11(12)14(19)17-5-4-13-16-6-7-20-13/h6-9H,3-5H2,1-2H3,(H,15,18)(H,17,19). The van der Waals surface area contributed by atoms with Crippen LogP contribution < -0.4 is 10.6 Å². The maximum Gasteiger partial charge on any atom is 0.254 e. The lowest BCUT2D eigenvalue weighted by molar-refractivity contribution is 0.0954. The van der Waals surface area contributed by atoms with Crippen LogP contribution in [0.5, 0.6) is 0 Å². The van der Waals surface area contributed by atoms with Crippen molar-refractivity contribution in [2.45, 2.75) is 20.3 Å². The predicted octanol–water partition coefficient (Wildman–Crippen LogP) is 2.25. The van der Waals surface area contributed by atoms with E-state index in [0.717, 1.165) is 29.4 Å². The van der Waals surface area contributed by atoms with Crippen LogP contribution in [-0.2, 0) is 6.42 Å². The van der Waals surface area contributed by atoms with Gasteiger partial charge < -0.3 is 10.6 Å². The van der Waals surface area contributed by atoms with Gasteiger partial charge in [0.05, 0.1) is 16.3 Å². The fraction of sp³-hybridized carbons (Fsp3) is 0.357. The molecule has 0 aliphatic carbocycles. The van der Waals surface area contributed by atoms with E-state index in [1.807, 2.05) is 25.3 Å². The van der Waals surface area contributed by atoms with Gasteiger partial charge in [0.15, 0.2) is 0 Å². The molecule has 0 aromatic carbocycles. The molecule has 1 amide bonds. The van der Waals surface area contributed by atoms with Crippen LogP contribution in [0.3, 0.4) is 0 Å². The molecule has 6 heteroatoms. The Morgan fingerprint density at radius 2 is 2.25 bits per heavy atom. The van der Waals surface area contributed by atoms with Gasteiger partial charge in [0.1, 0.15) is 0 Å². The summed E-state index contributed by atoms with van der Waals surface area (Å²) in [6.45, 7) is 5.25. The van der Waals surface area contributed by atoms with Crippen molar-refractivity contribution in [1.82, 2.24) is 15.3 Å². The van der Waals surface area contributed by atoms with Crippen molar-refractivity contribution in [2.24, 2.45) is 0 Å². The molecule has 0 atom stereocenters. The lowest BCUT2D eigenvalue weighted by atomic mass is 10.2. The quantitative estimate of drug-likeness (QED) is 0.856. The van der Waals surface area contributed by atoms with E-state index in [1.165, 1.54) is 0 Å². The summed E-state index contributed by atoms with van der Waals surface area (Å²) in [4.78, 5) is 20.5. The molecule has 0 spiro atoms. The first-order valence-electron chi connectivity index (χ1n) is 6.57. The molecule has 2 aromatic rings. The molecule has 2 heterocycles. The lowest BCUT2D eigenvalue weighted by Crippen LogP contribution is -2.26. The Bertz CT molecular complexity index is 569. The van der Waals surface area contributed by atoms with Gasteiger partial charge >= 0.3 is 0 Å². The van der Waals surface area contributed by atoms with Crippen LogP contribution in [0.1, 0.15) is 28.0 Å². The van der Waals surface area contributed by atoms with Gasteiger partial charge in [0, 0.05) is 43.0 Å². The molecule has 2 N–H and O–H groups in total. The number of aryl methyl sites for hydroxylation is 1. The first kappa shape index (κ1) is 14.5. The van der Waals surface area contributed by atoms with Crippen molar-refractivity contribution >= 4 is 22.9 Å². The van der Waals surface area contributed by atoms with E-state index in [4.69, 9.17) is 0 Å². The molecule has 0 saturated heterocycles. The first-order valence-corrected chi connectivity index (χ1v) is 7.45. The number of anilines is 1. The minimum atomic E-state index is -0.106. The maximum atomic E-state index is 12.2. The first-order chi connectivity index (χ1) is 9.70. The number of hydrogen-bond acceptors (Lipinski definition) is 5. The molecule has 2 rings (SSSR count). The highest BCUT2D eigenvalue weighted by molar-refractivity contribution is 7.09. The van der Waals surface area contributed by atoms with Crippen LogP contribution in [0.15, 0.2) is 23.8 Å². The summed E-state index contributed by atoms with van der Waals surface area (Å²) in [6, 6.07) is 1.89. The molecule has 20 heavy (non-hydrogen) atoms. The Hall–Kier alpha value is -1.95. The van der Waals surface area contributed by atoms with Crippen molar-refractivity contribution in [3.05, 3.63) is 40.1 Å². The number of hydrogen-bond donors (Lipinski definition) is 2. The molecule has 0 unspecified atom stereocenters. The van der Waals surface area contributed by atoms with E-state index in [2.05, 4.69) is 20.6 Å². The van der Waals surface area contributed by atoms with Crippen LogP contribution in [0, 0.1) is 6.92 Å². The molecule has 5 nitrogen and oxygen atoms in total. The molecule has 2 aromatic heterocycles. The fourth-order valence-corrected chi connectivity index (χ4v) is 2.45. The second kappa shape index (κ2) is 7.00. The van der Waals surface area contributed by atoms with Crippen molar-refractivity contribution in [3.63, 3.8) is 0 Å². The van der Waals surface area contributed by atoms with Gasteiger partial charge in [-0.25, -0.2) is 4.98 Å². The Kier molecular flexibility index (Phi) is 5.06. The highest BCUT2D eigenvalue weighted by Crippen LogP contribution is 2.15. The fourth-order valence-electron chi connectivity index (χ4n) is 1.83. The number of thiazole rings is 1. The van der Waals surface area contributed by atoms with E-state index in [9.17, 15) is 4.79 Å². The van der Waals surface area contributed by atoms with Gasteiger partial charge in [0.25, 0.3) is 5.91 Å². The summed E-state index contributed by atoms with van der Waals surface area (Å²) in [6.07, 6.45) is 4.14. The third kappa shape index (κ3) is 3.77. The van der Waals surface area contributed by atoms with Crippen molar-refractivity contribution in [1.29, 1.82) is 0 Å². The van der Waals surface area contributed by atoms with E-state index >= 15 is 0 Å². The van der Waals surface area contributed by atoms with E-state index in [1.54, 1.807) is 23.7 Å². The van der Waals surface area contributed by atoms with Crippen molar-refractivity contribution < 1.29 is 4.79 Å². The topological polar surface area (TPSA) is 66.9 Å². The summed E-state index contributed by atoms with van der Waals surface area (Å²) in [5.74, 6) is -0.106. The van der Waals surface area contributed by atoms with Gasteiger partial charge in [-0.15, -0.1) is 11.3 Å². The molecule has 0 bridgehead atoms. The van der Waals surface area contributed by atoms with Gasteiger partial charge in [-0.05, 0) is 19.9 Å². The van der Waals surface area contributed by atoms with Crippen LogP contribution >= 0.6 is 11.3 Å². The second-order valence-electron chi connectivity index (χ2n) is 4.33. The van der Waals surface area contributed by atoms with Crippen LogP contribution in [-0.4, -0.2) is 29.0 Å². The summed E-state index contributed by atoms with van der Waals surface area (Å²) >= 11 is 1.60. The van der Waals surface area contributed by atoms with Crippen molar-refractivity contribution in [2.75, 3.05) is 18.4 Å². The normalized spacial score (nSPS) is 10.3. The van der Waals surface area contributed by atoms with E-state index in [0.29, 0.717) is 12.1 Å². The van der Waals surface area contributed by atoms with Crippen molar-refractivity contribution in [3.8, 4) is 0 Å².